The summed E-state index contributed by atoms with van der Waals surface area (Å²) in [7, 11) is 1.29. The molecule has 0 bridgehead atoms. The van der Waals surface area contributed by atoms with Crippen LogP contribution < -0.4 is 16.4 Å². The summed E-state index contributed by atoms with van der Waals surface area (Å²) < 4.78 is 4.79. The molecule has 0 atom stereocenters. The van der Waals surface area contributed by atoms with Gasteiger partial charge in [-0.15, -0.1) is 0 Å². The standard InChI is InChI=1S/C16H19Cl2N5O2/c1-25-13(24)9-5-6-10(17)12(11(9)18)23-15(20)21-14(19)22-16(23)7-3-2-4-8-16/h5-6H,2-4,7-8H2,1H3,(H4,19,20,21,22). The Kier molecular flexibility index (Phi) is 4.79. The Morgan fingerprint density at radius 2 is 1.92 bits per heavy atom. The van der Waals surface area contributed by atoms with Gasteiger partial charge in [0, 0.05) is 0 Å². The first-order chi connectivity index (χ1) is 11.9. The van der Waals surface area contributed by atoms with Gasteiger partial charge in [-0.2, -0.15) is 4.99 Å². The average molecular weight is 384 g/mol. The van der Waals surface area contributed by atoms with Crippen molar-refractivity contribution in [2.24, 2.45) is 21.5 Å². The van der Waals surface area contributed by atoms with Gasteiger partial charge in [-0.25, -0.2) is 9.79 Å². The highest BCUT2D eigenvalue weighted by Gasteiger charge is 2.44. The number of guanidine groups is 2. The molecule has 0 amide bonds. The molecule has 1 heterocycles. The van der Waals surface area contributed by atoms with E-state index >= 15 is 0 Å². The largest absolute Gasteiger partial charge is 0.465 e. The van der Waals surface area contributed by atoms with E-state index < -0.39 is 11.6 Å². The van der Waals surface area contributed by atoms with E-state index in [1.54, 1.807) is 11.0 Å². The van der Waals surface area contributed by atoms with E-state index in [0.717, 1.165) is 32.1 Å². The van der Waals surface area contributed by atoms with Crippen LogP contribution in [0.2, 0.25) is 10.0 Å². The number of rotatable bonds is 2. The molecule has 0 unspecified atom stereocenters. The van der Waals surface area contributed by atoms with Crippen molar-refractivity contribution in [1.29, 1.82) is 0 Å². The number of esters is 1. The van der Waals surface area contributed by atoms with E-state index in [1.165, 1.54) is 13.2 Å². The van der Waals surface area contributed by atoms with Crippen molar-refractivity contribution < 1.29 is 9.53 Å². The van der Waals surface area contributed by atoms with Crippen molar-refractivity contribution in [3.05, 3.63) is 27.7 Å². The molecule has 0 radical (unpaired) electrons. The highest BCUT2D eigenvalue weighted by Crippen LogP contribution is 2.45. The zero-order valence-corrected chi connectivity index (χ0v) is 15.3. The smallest absolute Gasteiger partial charge is 0.339 e. The molecule has 1 aromatic carbocycles. The molecule has 1 aliphatic carbocycles. The number of aliphatic imine (C=N–C) groups is 2. The lowest BCUT2D eigenvalue weighted by molar-refractivity contribution is 0.0601. The maximum absolute atomic E-state index is 12.0. The maximum atomic E-state index is 12.0. The van der Waals surface area contributed by atoms with Crippen LogP contribution >= 0.6 is 23.2 Å². The summed E-state index contributed by atoms with van der Waals surface area (Å²) in [5.74, 6) is -0.275. The predicted molar refractivity (Wildman–Crippen MR) is 99.3 cm³/mol. The van der Waals surface area contributed by atoms with Crippen molar-refractivity contribution in [3.63, 3.8) is 0 Å². The molecule has 0 aromatic heterocycles. The third kappa shape index (κ3) is 3.02. The van der Waals surface area contributed by atoms with Crippen molar-refractivity contribution in [2.45, 2.75) is 37.8 Å². The molecule has 1 fully saturated rings. The number of hydrogen-bond donors (Lipinski definition) is 2. The molecule has 1 spiro atoms. The molecule has 4 N–H and O–H groups in total. The Morgan fingerprint density at radius 3 is 2.56 bits per heavy atom. The zero-order chi connectivity index (χ0) is 18.2. The molecule has 9 heteroatoms. The summed E-state index contributed by atoms with van der Waals surface area (Å²) in [6, 6.07) is 3.10. The first-order valence-corrected chi connectivity index (χ1v) is 8.71. The number of ether oxygens (including phenoxy) is 1. The summed E-state index contributed by atoms with van der Waals surface area (Å²) in [5.41, 5.74) is 11.9. The zero-order valence-electron chi connectivity index (χ0n) is 13.8. The van der Waals surface area contributed by atoms with E-state index in [4.69, 9.17) is 39.4 Å². The van der Waals surface area contributed by atoms with E-state index in [1.807, 2.05) is 0 Å². The van der Waals surface area contributed by atoms with Gasteiger partial charge in [0.2, 0.25) is 11.9 Å². The third-order valence-corrected chi connectivity index (χ3v) is 5.23. The van der Waals surface area contributed by atoms with Crippen LogP contribution in [0.3, 0.4) is 0 Å². The lowest BCUT2D eigenvalue weighted by atomic mass is 9.87. The van der Waals surface area contributed by atoms with Gasteiger partial charge in [0.05, 0.1) is 28.4 Å². The highest BCUT2D eigenvalue weighted by molar-refractivity contribution is 6.42. The van der Waals surface area contributed by atoms with Gasteiger partial charge < -0.3 is 16.2 Å². The number of hydrogen-bond acceptors (Lipinski definition) is 7. The minimum Gasteiger partial charge on any atom is -0.465 e. The Bertz CT molecular complexity index is 772. The molecule has 3 rings (SSSR count). The first kappa shape index (κ1) is 17.8. The average Bonchev–Trinajstić information content (AvgIpc) is 2.57. The van der Waals surface area contributed by atoms with Crippen LogP contribution in [-0.2, 0) is 4.74 Å². The fraction of sp³-hybridized carbons (Fsp3) is 0.438. The summed E-state index contributed by atoms with van der Waals surface area (Å²) >= 11 is 12.9. The van der Waals surface area contributed by atoms with Crippen molar-refractivity contribution in [3.8, 4) is 0 Å². The minimum absolute atomic E-state index is 0.131. The number of nitrogens with two attached hydrogens (primary N) is 2. The molecule has 1 aliphatic heterocycles. The fourth-order valence-electron chi connectivity index (χ4n) is 3.46. The summed E-state index contributed by atoms with van der Waals surface area (Å²) in [6.07, 6.45) is 4.50. The van der Waals surface area contributed by atoms with Crippen LogP contribution in [0, 0.1) is 0 Å². The second kappa shape index (κ2) is 6.72. The van der Waals surface area contributed by atoms with Gasteiger partial charge in [-0.3, -0.25) is 4.90 Å². The van der Waals surface area contributed by atoms with E-state index in [-0.39, 0.29) is 22.5 Å². The second-order valence-corrected chi connectivity index (χ2v) is 6.85. The lowest BCUT2D eigenvalue weighted by Gasteiger charge is -2.46. The molecule has 7 nitrogen and oxygen atoms in total. The number of carbonyl (C=O) groups excluding carboxylic acids is 1. The maximum Gasteiger partial charge on any atom is 0.339 e. The number of methoxy groups -OCH3 is 1. The first-order valence-electron chi connectivity index (χ1n) is 7.95. The van der Waals surface area contributed by atoms with Gasteiger partial charge in [0.1, 0.15) is 5.66 Å². The molecule has 0 saturated heterocycles. The summed E-state index contributed by atoms with van der Waals surface area (Å²) in [5, 5.41) is 0.495. The van der Waals surface area contributed by atoms with Gasteiger partial charge in [-0.1, -0.05) is 29.6 Å². The molecule has 2 aliphatic rings. The molecule has 1 aromatic rings. The number of carbonyl (C=O) groups is 1. The number of halogens is 2. The number of anilines is 1. The Morgan fingerprint density at radius 1 is 1.24 bits per heavy atom. The van der Waals surface area contributed by atoms with Gasteiger partial charge >= 0.3 is 5.97 Å². The van der Waals surface area contributed by atoms with Crippen LogP contribution in [0.25, 0.3) is 0 Å². The molecule has 134 valence electrons. The SMILES string of the molecule is COC(=O)c1ccc(Cl)c(N2C(N)=NC(N)=NC23CCCCC3)c1Cl. The molecular weight excluding hydrogens is 365 g/mol. The third-order valence-electron chi connectivity index (χ3n) is 4.55. The van der Waals surface area contributed by atoms with Gasteiger partial charge in [0.25, 0.3) is 0 Å². The Hall–Kier alpha value is -1.99. The van der Waals surface area contributed by atoms with E-state index in [9.17, 15) is 4.79 Å². The van der Waals surface area contributed by atoms with Crippen LogP contribution in [0.5, 0.6) is 0 Å². The highest BCUT2D eigenvalue weighted by atomic mass is 35.5. The molecule has 1 saturated carbocycles. The van der Waals surface area contributed by atoms with Crippen molar-refractivity contribution >= 4 is 46.8 Å². The number of nitrogens with zero attached hydrogens (tertiary/aromatic N) is 3. The van der Waals surface area contributed by atoms with Crippen LogP contribution in [0.1, 0.15) is 42.5 Å². The van der Waals surface area contributed by atoms with Crippen molar-refractivity contribution in [1.82, 2.24) is 0 Å². The quantitative estimate of drug-likeness (QED) is 0.763. The molecule has 25 heavy (non-hydrogen) atoms. The number of benzene rings is 1. The van der Waals surface area contributed by atoms with Crippen LogP contribution in [0.4, 0.5) is 5.69 Å². The topological polar surface area (TPSA) is 106 Å². The fourth-order valence-corrected chi connectivity index (χ4v) is 4.08. The summed E-state index contributed by atoms with van der Waals surface area (Å²) in [6.45, 7) is 0. The monoisotopic (exact) mass is 383 g/mol. The van der Waals surface area contributed by atoms with E-state index in [2.05, 4.69) is 9.98 Å². The second-order valence-electron chi connectivity index (χ2n) is 6.07. The Labute approximate surface area is 155 Å². The normalized spacial score (nSPS) is 19.4. The van der Waals surface area contributed by atoms with Gasteiger partial charge in [0.15, 0.2) is 0 Å². The summed E-state index contributed by atoms with van der Waals surface area (Å²) in [4.78, 5) is 22.4. The van der Waals surface area contributed by atoms with Crippen LogP contribution in [-0.4, -0.2) is 30.7 Å². The van der Waals surface area contributed by atoms with Gasteiger partial charge in [-0.05, 0) is 37.8 Å². The van der Waals surface area contributed by atoms with E-state index in [0.29, 0.717) is 10.7 Å². The lowest BCUT2D eigenvalue weighted by Crippen LogP contribution is -2.58. The minimum atomic E-state index is -0.698. The Balaban J connectivity index is 2.19. The predicted octanol–water partition coefficient (Wildman–Crippen LogP) is 2.89. The van der Waals surface area contributed by atoms with Crippen LogP contribution in [0.15, 0.2) is 22.1 Å². The molecular formula is C16H19Cl2N5O2. The van der Waals surface area contributed by atoms with Crippen molar-refractivity contribution in [2.75, 3.05) is 12.0 Å².